The van der Waals surface area contributed by atoms with Crippen molar-refractivity contribution in [1.29, 1.82) is 0 Å². The third kappa shape index (κ3) is 5.77. The van der Waals surface area contributed by atoms with Crippen molar-refractivity contribution in [2.45, 2.75) is 32.8 Å². The molecule has 0 fully saturated rings. The topological polar surface area (TPSA) is 52.6 Å². The van der Waals surface area contributed by atoms with Crippen LogP contribution in [0.2, 0.25) is 0 Å². The zero-order valence-electron chi connectivity index (χ0n) is 11.1. The monoisotopic (exact) mass is 286 g/mol. The third-order valence-corrected chi connectivity index (χ3v) is 2.49. The van der Waals surface area contributed by atoms with Gasteiger partial charge in [-0.3, -0.25) is 9.59 Å². The zero-order valence-corrected chi connectivity index (χ0v) is 11.1. The maximum Gasteiger partial charge on any atom is 0.387 e. The predicted molar refractivity (Wildman–Crippen MR) is 67.9 cm³/mol. The van der Waals surface area contributed by atoms with Gasteiger partial charge in [0, 0.05) is 18.4 Å². The van der Waals surface area contributed by atoms with Crippen molar-refractivity contribution in [3.05, 3.63) is 29.8 Å². The number of hydrogen-bond acceptors (Lipinski definition) is 4. The minimum atomic E-state index is -2.89. The number of esters is 1. The molecule has 0 saturated heterocycles. The fourth-order valence-corrected chi connectivity index (χ4v) is 1.59. The first-order valence-electron chi connectivity index (χ1n) is 6.26. The highest BCUT2D eigenvalue weighted by Gasteiger charge is 2.09. The fraction of sp³-hybridized carbons (Fsp3) is 0.429. The largest absolute Gasteiger partial charge is 0.466 e. The van der Waals surface area contributed by atoms with Gasteiger partial charge >= 0.3 is 12.6 Å². The molecule has 0 atom stereocenters. The average Bonchev–Trinajstić information content (AvgIpc) is 2.39. The number of carbonyl (C=O) groups is 2. The molecule has 0 N–H and O–H groups in total. The summed E-state index contributed by atoms with van der Waals surface area (Å²) in [6, 6.07) is 5.46. The van der Waals surface area contributed by atoms with Crippen LogP contribution in [0.5, 0.6) is 5.75 Å². The molecule has 0 aliphatic rings. The Kier molecular flexibility index (Phi) is 6.63. The molecule has 0 aliphatic heterocycles. The van der Waals surface area contributed by atoms with E-state index in [2.05, 4.69) is 4.74 Å². The fourth-order valence-electron chi connectivity index (χ4n) is 1.59. The van der Waals surface area contributed by atoms with Gasteiger partial charge in [0.05, 0.1) is 6.61 Å². The second kappa shape index (κ2) is 8.24. The Labute approximate surface area is 115 Å². The molecule has 0 aromatic heterocycles. The smallest absolute Gasteiger partial charge is 0.387 e. The number of hydrogen-bond donors (Lipinski definition) is 0. The highest BCUT2D eigenvalue weighted by atomic mass is 19.3. The first-order valence-corrected chi connectivity index (χ1v) is 6.26. The summed E-state index contributed by atoms with van der Waals surface area (Å²) in [5.74, 6) is -0.484. The number of benzene rings is 1. The molecule has 20 heavy (non-hydrogen) atoms. The lowest BCUT2D eigenvalue weighted by Crippen LogP contribution is -2.06. The minimum Gasteiger partial charge on any atom is -0.466 e. The number of Topliss-reactive ketones (excluding diaryl/α,β-unsaturated/α-hetero) is 1. The summed E-state index contributed by atoms with van der Waals surface area (Å²) in [7, 11) is 0. The first-order chi connectivity index (χ1) is 9.52. The third-order valence-electron chi connectivity index (χ3n) is 2.49. The lowest BCUT2D eigenvalue weighted by atomic mass is 10.1. The molecule has 0 spiro atoms. The number of alkyl halides is 2. The van der Waals surface area contributed by atoms with E-state index in [1.165, 1.54) is 24.3 Å². The van der Waals surface area contributed by atoms with E-state index in [0.29, 0.717) is 18.6 Å². The molecule has 0 aliphatic carbocycles. The number of rotatable bonds is 8. The predicted octanol–water partition coefficient (Wildman–Crippen LogP) is 3.20. The van der Waals surface area contributed by atoms with Gasteiger partial charge in [-0.05, 0) is 37.6 Å². The van der Waals surface area contributed by atoms with Crippen molar-refractivity contribution in [2.75, 3.05) is 6.61 Å². The van der Waals surface area contributed by atoms with Crippen molar-refractivity contribution >= 4 is 11.8 Å². The van der Waals surface area contributed by atoms with Crippen molar-refractivity contribution in [3.63, 3.8) is 0 Å². The maximum atomic E-state index is 12.0. The second-order valence-electron chi connectivity index (χ2n) is 3.98. The van der Waals surface area contributed by atoms with Crippen LogP contribution in [0.15, 0.2) is 24.3 Å². The molecular weight excluding hydrogens is 270 g/mol. The summed E-state index contributed by atoms with van der Waals surface area (Å²) < 4.78 is 32.8. The van der Waals surface area contributed by atoms with Gasteiger partial charge in [-0.15, -0.1) is 0 Å². The lowest BCUT2D eigenvalue weighted by molar-refractivity contribution is -0.143. The Balaban J connectivity index is 2.41. The van der Waals surface area contributed by atoms with E-state index in [-0.39, 0.29) is 30.3 Å². The first kappa shape index (κ1) is 16.1. The second-order valence-corrected chi connectivity index (χ2v) is 3.98. The van der Waals surface area contributed by atoms with Gasteiger partial charge in [-0.1, -0.05) is 0 Å². The highest BCUT2D eigenvalue weighted by Crippen LogP contribution is 2.16. The highest BCUT2D eigenvalue weighted by molar-refractivity contribution is 5.96. The zero-order chi connectivity index (χ0) is 15.0. The summed E-state index contributed by atoms with van der Waals surface area (Å²) in [5, 5.41) is 0. The Morgan fingerprint density at radius 3 is 2.35 bits per heavy atom. The van der Waals surface area contributed by atoms with E-state index < -0.39 is 6.61 Å². The number of halogens is 2. The quantitative estimate of drug-likeness (QED) is 0.544. The number of ether oxygens (including phenoxy) is 2. The average molecular weight is 286 g/mol. The molecule has 1 rings (SSSR count). The van der Waals surface area contributed by atoms with Crippen LogP contribution < -0.4 is 4.74 Å². The van der Waals surface area contributed by atoms with Crippen LogP contribution in [0.4, 0.5) is 8.78 Å². The van der Waals surface area contributed by atoms with Gasteiger partial charge in [0.2, 0.25) is 0 Å². The van der Waals surface area contributed by atoms with Gasteiger partial charge in [-0.2, -0.15) is 8.78 Å². The van der Waals surface area contributed by atoms with E-state index in [4.69, 9.17) is 4.74 Å². The Morgan fingerprint density at radius 1 is 1.15 bits per heavy atom. The van der Waals surface area contributed by atoms with Gasteiger partial charge in [0.15, 0.2) is 5.78 Å². The van der Waals surface area contributed by atoms with Crippen LogP contribution in [0, 0.1) is 0 Å². The Morgan fingerprint density at radius 2 is 1.80 bits per heavy atom. The van der Waals surface area contributed by atoms with E-state index in [1.807, 2.05) is 0 Å². The van der Waals surface area contributed by atoms with Gasteiger partial charge in [-0.25, -0.2) is 0 Å². The van der Waals surface area contributed by atoms with Crippen molar-refractivity contribution in [2.24, 2.45) is 0 Å². The number of carbonyl (C=O) groups excluding carboxylic acids is 2. The molecule has 0 heterocycles. The van der Waals surface area contributed by atoms with Crippen molar-refractivity contribution in [3.8, 4) is 5.75 Å². The standard InChI is InChI=1S/C14H16F2O4/c1-2-19-13(18)5-3-4-12(17)10-6-8-11(9-7-10)20-14(15)16/h6-9,14H,2-5H2,1H3. The van der Waals surface area contributed by atoms with Crippen LogP contribution in [0.1, 0.15) is 36.5 Å². The van der Waals surface area contributed by atoms with E-state index in [1.54, 1.807) is 6.92 Å². The summed E-state index contributed by atoms with van der Waals surface area (Å²) in [6.07, 6.45) is 0.785. The summed E-state index contributed by atoms with van der Waals surface area (Å²) >= 11 is 0. The molecule has 0 saturated carbocycles. The summed E-state index contributed by atoms with van der Waals surface area (Å²) in [5.41, 5.74) is 0.399. The molecule has 1 aromatic carbocycles. The Bertz CT molecular complexity index is 443. The summed E-state index contributed by atoms with van der Waals surface area (Å²) in [6.45, 7) is -0.856. The molecule has 0 radical (unpaired) electrons. The van der Waals surface area contributed by atoms with Gasteiger partial charge in [0.25, 0.3) is 0 Å². The van der Waals surface area contributed by atoms with Crippen LogP contribution in [0.3, 0.4) is 0 Å². The van der Waals surface area contributed by atoms with Crippen molar-refractivity contribution < 1.29 is 27.8 Å². The van der Waals surface area contributed by atoms with Gasteiger partial charge in [0.1, 0.15) is 5.75 Å². The Hall–Kier alpha value is -1.98. The number of ketones is 1. The molecule has 110 valence electrons. The molecular formula is C14H16F2O4. The van der Waals surface area contributed by atoms with E-state index >= 15 is 0 Å². The maximum absolute atomic E-state index is 12.0. The van der Waals surface area contributed by atoms with Crippen LogP contribution in [0.25, 0.3) is 0 Å². The molecule has 4 nitrogen and oxygen atoms in total. The van der Waals surface area contributed by atoms with E-state index in [9.17, 15) is 18.4 Å². The van der Waals surface area contributed by atoms with Crippen LogP contribution in [-0.4, -0.2) is 25.0 Å². The summed E-state index contributed by atoms with van der Waals surface area (Å²) in [4.78, 5) is 22.9. The molecule has 1 aromatic rings. The SMILES string of the molecule is CCOC(=O)CCCC(=O)c1ccc(OC(F)F)cc1. The molecule has 0 bridgehead atoms. The van der Waals surface area contributed by atoms with Crippen LogP contribution >= 0.6 is 0 Å². The van der Waals surface area contributed by atoms with Crippen LogP contribution in [-0.2, 0) is 9.53 Å². The molecule has 0 amide bonds. The van der Waals surface area contributed by atoms with Crippen molar-refractivity contribution in [1.82, 2.24) is 0 Å². The lowest BCUT2D eigenvalue weighted by Gasteiger charge is -2.05. The van der Waals surface area contributed by atoms with E-state index in [0.717, 1.165) is 0 Å². The van der Waals surface area contributed by atoms with Gasteiger partial charge < -0.3 is 9.47 Å². The minimum absolute atomic E-state index is 0.00285. The molecule has 6 heteroatoms. The normalized spacial score (nSPS) is 10.4. The molecule has 0 unspecified atom stereocenters.